The summed E-state index contributed by atoms with van der Waals surface area (Å²) in [4.78, 5) is 14.5. The molecule has 1 aliphatic carbocycles. The van der Waals surface area contributed by atoms with Crippen LogP contribution in [-0.2, 0) is 14.8 Å². The second kappa shape index (κ2) is 7.21. The second-order valence-corrected chi connectivity index (χ2v) is 8.51. The van der Waals surface area contributed by atoms with Crippen LogP contribution in [0.15, 0.2) is 29.2 Å². The van der Waals surface area contributed by atoms with Gasteiger partial charge in [0.05, 0.1) is 11.4 Å². The molecule has 1 aromatic carbocycles. The van der Waals surface area contributed by atoms with E-state index in [0.29, 0.717) is 12.2 Å². The minimum atomic E-state index is -3.76. The Morgan fingerprint density at radius 2 is 1.96 bits per heavy atom. The molecular formula is C17H25N3O3S. The molecule has 1 saturated heterocycles. The standard InChI is InChI=1S/C17H25N3O3S/c18-24(22,23)16-7-3-6-15(10-16)19-17(21)12-20-9-8-13-4-1-2-5-14(13)11-20/h3,6-7,10,13-14H,1-2,4-5,8-9,11-12H2,(H,19,21)(H2,18,22,23)/t13-,14+/m1/s1. The third-order valence-electron chi connectivity index (χ3n) is 5.19. The molecule has 2 fully saturated rings. The van der Waals surface area contributed by atoms with E-state index < -0.39 is 10.0 Å². The van der Waals surface area contributed by atoms with Crippen LogP contribution in [0.1, 0.15) is 32.1 Å². The number of likely N-dealkylation sites (tertiary alicyclic amines) is 1. The van der Waals surface area contributed by atoms with Crippen molar-refractivity contribution in [2.75, 3.05) is 25.0 Å². The zero-order valence-corrected chi connectivity index (χ0v) is 14.6. The molecule has 1 saturated carbocycles. The third-order valence-corrected chi connectivity index (χ3v) is 6.10. The predicted octanol–water partition coefficient (Wildman–Crippen LogP) is 1.78. The van der Waals surface area contributed by atoms with E-state index >= 15 is 0 Å². The van der Waals surface area contributed by atoms with Gasteiger partial charge in [0, 0.05) is 12.2 Å². The van der Waals surface area contributed by atoms with Gasteiger partial charge in [0.2, 0.25) is 15.9 Å². The molecule has 6 nitrogen and oxygen atoms in total. The Bertz CT molecular complexity index is 705. The van der Waals surface area contributed by atoms with E-state index in [0.717, 1.165) is 24.9 Å². The molecule has 1 aliphatic heterocycles. The lowest BCUT2D eigenvalue weighted by molar-refractivity contribution is -0.118. The number of carbonyl (C=O) groups excluding carboxylic acids is 1. The molecule has 3 N–H and O–H groups in total. The van der Waals surface area contributed by atoms with Crippen LogP contribution in [0.5, 0.6) is 0 Å². The number of benzene rings is 1. The number of fused-ring (bicyclic) bond motifs is 1. The van der Waals surface area contributed by atoms with E-state index in [1.807, 2.05) is 0 Å². The number of nitrogens with zero attached hydrogens (tertiary/aromatic N) is 1. The third kappa shape index (κ3) is 4.34. The van der Waals surface area contributed by atoms with E-state index in [4.69, 9.17) is 5.14 Å². The van der Waals surface area contributed by atoms with Crippen molar-refractivity contribution in [3.05, 3.63) is 24.3 Å². The molecule has 1 aromatic rings. The van der Waals surface area contributed by atoms with Gasteiger partial charge in [-0.3, -0.25) is 9.69 Å². The number of nitrogens with two attached hydrogens (primary N) is 1. The molecule has 7 heteroatoms. The molecular weight excluding hydrogens is 326 g/mol. The van der Waals surface area contributed by atoms with Gasteiger partial charge >= 0.3 is 0 Å². The normalized spacial score (nSPS) is 25.0. The van der Waals surface area contributed by atoms with Gasteiger partial charge in [0.15, 0.2) is 0 Å². The molecule has 3 rings (SSSR count). The van der Waals surface area contributed by atoms with Crippen LogP contribution in [0.4, 0.5) is 5.69 Å². The fourth-order valence-corrected chi connectivity index (χ4v) is 4.53. The molecule has 0 aromatic heterocycles. The van der Waals surface area contributed by atoms with Crippen LogP contribution in [0, 0.1) is 11.8 Å². The number of carbonyl (C=O) groups is 1. The maximum atomic E-state index is 12.3. The van der Waals surface area contributed by atoms with Gasteiger partial charge in [0.1, 0.15) is 0 Å². The fraction of sp³-hybridized carbons (Fsp3) is 0.588. The lowest BCUT2D eigenvalue weighted by Gasteiger charge is -2.41. The Labute approximate surface area is 143 Å². The summed E-state index contributed by atoms with van der Waals surface area (Å²) in [5.74, 6) is 1.45. The van der Waals surface area contributed by atoms with Crippen LogP contribution in [0.25, 0.3) is 0 Å². The molecule has 0 spiro atoms. The Morgan fingerprint density at radius 1 is 1.21 bits per heavy atom. The molecule has 1 heterocycles. The molecule has 1 amide bonds. The molecule has 24 heavy (non-hydrogen) atoms. The Morgan fingerprint density at radius 3 is 2.71 bits per heavy atom. The van der Waals surface area contributed by atoms with E-state index in [1.54, 1.807) is 12.1 Å². The first-order valence-corrected chi connectivity index (χ1v) is 10.1. The summed E-state index contributed by atoms with van der Waals surface area (Å²) in [7, 11) is -3.76. The van der Waals surface area contributed by atoms with Gasteiger partial charge in [-0.15, -0.1) is 0 Å². The number of sulfonamides is 1. The summed E-state index contributed by atoms with van der Waals surface area (Å²) >= 11 is 0. The minimum Gasteiger partial charge on any atom is -0.325 e. The lowest BCUT2D eigenvalue weighted by Crippen LogP contribution is -2.44. The van der Waals surface area contributed by atoms with Crippen molar-refractivity contribution >= 4 is 21.6 Å². The average molecular weight is 351 g/mol. The summed E-state index contributed by atoms with van der Waals surface area (Å²) in [5.41, 5.74) is 0.457. The Balaban J connectivity index is 1.56. The van der Waals surface area contributed by atoms with E-state index in [-0.39, 0.29) is 10.8 Å². The number of piperidine rings is 1. The zero-order valence-electron chi connectivity index (χ0n) is 13.8. The number of anilines is 1. The topological polar surface area (TPSA) is 92.5 Å². The van der Waals surface area contributed by atoms with Crippen LogP contribution in [0.3, 0.4) is 0 Å². The quantitative estimate of drug-likeness (QED) is 0.865. The van der Waals surface area contributed by atoms with Crippen molar-refractivity contribution in [3.63, 3.8) is 0 Å². The number of primary sulfonamides is 1. The molecule has 2 atom stereocenters. The largest absolute Gasteiger partial charge is 0.325 e. The molecule has 2 aliphatic rings. The maximum absolute atomic E-state index is 12.3. The van der Waals surface area contributed by atoms with Gasteiger partial charge in [0.25, 0.3) is 0 Å². The first-order chi connectivity index (χ1) is 11.4. The zero-order chi connectivity index (χ0) is 17.2. The number of hydrogen-bond acceptors (Lipinski definition) is 4. The van der Waals surface area contributed by atoms with Crippen LogP contribution >= 0.6 is 0 Å². The highest BCUT2D eigenvalue weighted by Crippen LogP contribution is 2.35. The Kier molecular flexibility index (Phi) is 5.22. The summed E-state index contributed by atoms with van der Waals surface area (Å²) in [6, 6.07) is 6.04. The molecule has 0 radical (unpaired) electrons. The monoisotopic (exact) mass is 351 g/mol. The van der Waals surface area contributed by atoms with Crippen molar-refractivity contribution in [2.24, 2.45) is 17.0 Å². The van der Waals surface area contributed by atoms with Gasteiger partial charge in [-0.1, -0.05) is 25.3 Å². The number of nitrogens with one attached hydrogen (secondary N) is 1. The van der Waals surface area contributed by atoms with Gasteiger partial charge in [-0.25, -0.2) is 13.6 Å². The van der Waals surface area contributed by atoms with Crippen molar-refractivity contribution < 1.29 is 13.2 Å². The highest BCUT2D eigenvalue weighted by atomic mass is 32.2. The SMILES string of the molecule is NS(=O)(=O)c1cccc(NC(=O)CN2CC[C@H]3CCCC[C@H]3C2)c1. The van der Waals surface area contributed by atoms with E-state index in [2.05, 4.69) is 10.2 Å². The summed E-state index contributed by atoms with van der Waals surface area (Å²) < 4.78 is 22.8. The van der Waals surface area contributed by atoms with Crippen molar-refractivity contribution in [2.45, 2.75) is 37.0 Å². The summed E-state index contributed by atoms with van der Waals surface area (Å²) in [6.45, 7) is 2.31. The predicted molar refractivity (Wildman–Crippen MR) is 92.9 cm³/mol. The van der Waals surface area contributed by atoms with E-state index in [9.17, 15) is 13.2 Å². The molecule has 132 valence electrons. The van der Waals surface area contributed by atoms with Crippen LogP contribution < -0.4 is 10.5 Å². The van der Waals surface area contributed by atoms with Crippen LogP contribution in [-0.4, -0.2) is 38.9 Å². The van der Waals surface area contributed by atoms with Gasteiger partial charge < -0.3 is 5.32 Å². The maximum Gasteiger partial charge on any atom is 0.238 e. The number of rotatable bonds is 4. The highest BCUT2D eigenvalue weighted by Gasteiger charge is 2.31. The lowest BCUT2D eigenvalue weighted by atomic mass is 9.75. The van der Waals surface area contributed by atoms with E-state index in [1.165, 1.54) is 44.2 Å². The average Bonchev–Trinajstić information content (AvgIpc) is 2.54. The van der Waals surface area contributed by atoms with Gasteiger partial charge in [-0.05, 0) is 49.4 Å². The Hall–Kier alpha value is -1.44. The van der Waals surface area contributed by atoms with Crippen molar-refractivity contribution in [1.82, 2.24) is 4.90 Å². The van der Waals surface area contributed by atoms with Gasteiger partial charge in [-0.2, -0.15) is 0 Å². The summed E-state index contributed by atoms with van der Waals surface area (Å²) in [5, 5.41) is 7.89. The first kappa shape index (κ1) is 17.4. The number of amides is 1. The summed E-state index contributed by atoms with van der Waals surface area (Å²) in [6.07, 6.45) is 6.45. The van der Waals surface area contributed by atoms with Crippen molar-refractivity contribution in [1.29, 1.82) is 0 Å². The first-order valence-electron chi connectivity index (χ1n) is 8.57. The molecule has 0 bridgehead atoms. The number of hydrogen-bond donors (Lipinski definition) is 2. The smallest absolute Gasteiger partial charge is 0.238 e. The fourth-order valence-electron chi connectivity index (χ4n) is 3.97. The van der Waals surface area contributed by atoms with Crippen LogP contribution in [0.2, 0.25) is 0 Å². The molecule has 0 unspecified atom stereocenters. The minimum absolute atomic E-state index is 0.00307. The van der Waals surface area contributed by atoms with Crippen molar-refractivity contribution in [3.8, 4) is 0 Å². The highest BCUT2D eigenvalue weighted by molar-refractivity contribution is 7.89. The second-order valence-electron chi connectivity index (χ2n) is 6.95.